The fourth-order valence-electron chi connectivity index (χ4n) is 5.96. The Labute approximate surface area is 239 Å². The van der Waals surface area contributed by atoms with Crippen LogP contribution in [-0.2, 0) is 0 Å². The monoisotopic (exact) mass is 539 g/mol. The number of nitrogens with zero attached hydrogens (tertiary/aromatic N) is 3. The van der Waals surface area contributed by atoms with Gasteiger partial charge in [-0.2, -0.15) is 0 Å². The summed E-state index contributed by atoms with van der Waals surface area (Å²) in [7, 11) is 0. The Hall–Kier alpha value is -5.81. The molecule has 0 fully saturated rings. The van der Waals surface area contributed by atoms with Crippen molar-refractivity contribution in [1.29, 1.82) is 0 Å². The minimum atomic E-state index is 0.553. The highest BCUT2D eigenvalue weighted by molar-refractivity contribution is 6.12. The molecule has 0 N–H and O–H groups in total. The predicted octanol–water partition coefficient (Wildman–Crippen LogP) is 9.82. The van der Waals surface area contributed by atoms with Crippen molar-refractivity contribution in [2.45, 2.75) is 0 Å². The molecule has 5 heteroatoms. The summed E-state index contributed by atoms with van der Waals surface area (Å²) in [4.78, 5) is 15.2. The first-order valence-corrected chi connectivity index (χ1v) is 13.9. The van der Waals surface area contributed by atoms with Gasteiger partial charge in [0.1, 0.15) is 22.3 Å². The molecule has 0 amide bonds. The first-order valence-electron chi connectivity index (χ1n) is 13.9. The quantitative estimate of drug-likeness (QED) is 0.224. The van der Waals surface area contributed by atoms with Crippen molar-refractivity contribution in [3.05, 3.63) is 127 Å². The van der Waals surface area contributed by atoms with Gasteiger partial charge >= 0.3 is 0 Å². The molecule has 9 aromatic rings. The standard InChI is InChI=1S/C37H21N3O2/c1-2-10-23-21-24(20-19-22(23)9-1)35-38-36(28-14-8-18-32-33(28)27-12-4-6-17-31(27)41-32)40-37(39-35)29-15-7-13-26-25-11-3-5-16-30(25)42-34(26)29/h1-21H. The Morgan fingerprint density at radius 1 is 0.405 bits per heavy atom. The summed E-state index contributed by atoms with van der Waals surface area (Å²) in [5.41, 5.74) is 5.84. The van der Waals surface area contributed by atoms with E-state index in [-0.39, 0.29) is 0 Å². The Balaban J connectivity index is 1.35. The van der Waals surface area contributed by atoms with E-state index in [1.165, 1.54) is 0 Å². The average molecular weight is 540 g/mol. The van der Waals surface area contributed by atoms with Crippen molar-refractivity contribution >= 4 is 54.6 Å². The summed E-state index contributed by atoms with van der Waals surface area (Å²) in [6.45, 7) is 0. The second-order valence-corrected chi connectivity index (χ2v) is 10.4. The molecule has 0 saturated heterocycles. The maximum atomic E-state index is 6.39. The van der Waals surface area contributed by atoms with Crippen molar-refractivity contribution in [3.8, 4) is 34.2 Å². The fourth-order valence-corrected chi connectivity index (χ4v) is 5.96. The van der Waals surface area contributed by atoms with Crippen LogP contribution in [-0.4, -0.2) is 15.0 Å². The zero-order valence-corrected chi connectivity index (χ0v) is 22.3. The van der Waals surface area contributed by atoms with E-state index in [1.807, 2.05) is 72.8 Å². The molecule has 0 aliphatic heterocycles. The summed E-state index contributed by atoms with van der Waals surface area (Å²) in [5.74, 6) is 1.73. The molecule has 0 bridgehead atoms. The van der Waals surface area contributed by atoms with Crippen LogP contribution < -0.4 is 0 Å². The summed E-state index contributed by atoms with van der Waals surface area (Å²) in [6.07, 6.45) is 0. The molecule has 0 atom stereocenters. The topological polar surface area (TPSA) is 65.0 Å². The second-order valence-electron chi connectivity index (χ2n) is 10.4. The maximum absolute atomic E-state index is 6.39. The van der Waals surface area contributed by atoms with E-state index in [4.69, 9.17) is 23.8 Å². The van der Waals surface area contributed by atoms with E-state index in [1.54, 1.807) is 0 Å². The van der Waals surface area contributed by atoms with E-state index in [0.717, 1.165) is 71.3 Å². The van der Waals surface area contributed by atoms with E-state index in [9.17, 15) is 0 Å². The lowest BCUT2D eigenvalue weighted by Crippen LogP contribution is -2.00. The zero-order chi connectivity index (χ0) is 27.6. The minimum absolute atomic E-state index is 0.553. The number of fused-ring (bicyclic) bond motifs is 7. The van der Waals surface area contributed by atoms with Gasteiger partial charge in [-0.1, -0.05) is 97.1 Å². The van der Waals surface area contributed by atoms with E-state index in [2.05, 4.69) is 54.6 Å². The van der Waals surface area contributed by atoms with E-state index >= 15 is 0 Å². The number of para-hydroxylation sites is 3. The fraction of sp³-hybridized carbons (Fsp3) is 0. The number of aromatic nitrogens is 3. The third-order valence-electron chi connectivity index (χ3n) is 7.93. The highest BCUT2D eigenvalue weighted by atomic mass is 16.3. The molecule has 5 nitrogen and oxygen atoms in total. The SMILES string of the molecule is c1ccc2cc(-c3nc(-c4cccc5c4oc4ccccc45)nc(-c4cccc5oc6ccccc6c45)n3)ccc2c1. The van der Waals surface area contributed by atoms with Crippen molar-refractivity contribution in [3.63, 3.8) is 0 Å². The Morgan fingerprint density at radius 3 is 1.90 bits per heavy atom. The number of furan rings is 2. The molecule has 42 heavy (non-hydrogen) atoms. The first-order chi connectivity index (χ1) is 20.8. The van der Waals surface area contributed by atoms with Crippen LogP contribution in [0.2, 0.25) is 0 Å². The van der Waals surface area contributed by atoms with Crippen molar-refractivity contribution in [2.24, 2.45) is 0 Å². The molecular formula is C37H21N3O2. The highest BCUT2D eigenvalue weighted by Gasteiger charge is 2.20. The largest absolute Gasteiger partial charge is 0.456 e. The van der Waals surface area contributed by atoms with Gasteiger partial charge in [0.05, 0.1) is 5.56 Å². The molecule has 0 unspecified atom stereocenters. The van der Waals surface area contributed by atoms with E-state index in [0.29, 0.717) is 17.5 Å². The van der Waals surface area contributed by atoms with Crippen LogP contribution in [0.15, 0.2) is 136 Å². The van der Waals surface area contributed by atoms with Gasteiger partial charge in [0.15, 0.2) is 17.5 Å². The molecule has 3 aromatic heterocycles. The summed E-state index contributed by atoms with van der Waals surface area (Å²) >= 11 is 0. The van der Waals surface area contributed by atoms with Gasteiger partial charge in [0, 0.05) is 32.7 Å². The normalized spacial score (nSPS) is 11.8. The lowest BCUT2D eigenvalue weighted by Gasteiger charge is -2.10. The first kappa shape index (κ1) is 22.9. The maximum Gasteiger partial charge on any atom is 0.167 e. The van der Waals surface area contributed by atoms with Gasteiger partial charge in [-0.15, -0.1) is 0 Å². The van der Waals surface area contributed by atoms with Crippen molar-refractivity contribution in [2.75, 3.05) is 0 Å². The third kappa shape index (κ3) is 3.47. The molecule has 9 rings (SSSR count). The minimum Gasteiger partial charge on any atom is -0.456 e. The molecule has 0 saturated carbocycles. The van der Waals surface area contributed by atoms with Crippen molar-refractivity contribution < 1.29 is 8.83 Å². The second kappa shape index (κ2) is 8.85. The Morgan fingerprint density at radius 2 is 1.02 bits per heavy atom. The van der Waals surface area contributed by atoms with Crippen molar-refractivity contribution in [1.82, 2.24) is 15.0 Å². The van der Waals surface area contributed by atoms with Gasteiger partial charge in [-0.3, -0.25) is 0 Å². The molecule has 0 spiro atoms. The summed E-state index contributed by atoms with van der Waals surface area (Å²) in [5, 5.41) is 6.39. The predicted molar refractivity (Wildman–Crippen MR) is 168 cm³/mol. The van der Waals surface area contributed by atoms with Crippen LogP contribution in [0, 0.1) is 0 Å². The van der Waals surface area contributed by atoms with Gasteiger partial charge in [0.25, 0.3) is 0 Å². The van der Waals surface area contributed by atoms with Crippen LogP contribution in [0.5, 0.6) is 0 Å². The molecule has 196 valence electrons. The van der Waals surface area contributed by atoms with Crippen LogP contribution in [0.3, 0.4) is 0 Å². The lowest BCUT2D eigenvalue weighted by molar-refractivity contribution is 0.668. The summed E-state index contributed by atoms with van der Waals surface area (Å²) in [6, 6.07) is 42.9. The van der Waals surface area contributed by atoms with Crippen LogP contribution >= 0.6 is 0 Å². The van der Waals surface area contributed by atoms with Gasteiger partial charge < -0.3 is 8.83 Å². The number of rotatable bonds is 3. The Kier molecular flexibility index (Phi) is 4.83. The van der Waals surface area contributed by atoms with Crippen LogP contribution in [0.1, 0.15) is 0 Å². The third-order valence-corrected chi connectivity index (χ3v) is 7.93. The molecular weight excluding hydrogens is 518 g/mol. The Bertz CT molecular complexity index is 2490. The molecule has 0 aliphatic rings. The molecule has 0 aliphatic carbocycles. The molecule has 6 aromatic carbocycles. The van der Waals surface area contributed by atoms with Gasteiger partial charge in [0.2, 0.25) is 0 Å². The number of benzene rings is 6. The smallest absolute Gasteiger partial charge is 0.167 e. The van der Waals surface area contributed by atoms with Crippen LogP contribution in [0.25, 0.3) is 88.8 Å². The zero-order valence-electron chi connectivity index (χ0n) is 22.3. The lowest BCUT2D eigenvalue weighted by atomic mass is 10.0. The van der Waals surface area contributed by atoms with Crippen LogP contribution in [0.4, 0.5) is 0 Å². The van der Waals surface area contributed by atoms with E-state index < -0.39 is 0 Å². The highest BCUT2D eigenvalue weighted by Crippen LogP contribution is 2.38. The van der Waals surface area contributed by atoms with Gasteiger partial charge in [-0.25, -0.2) is 15.0 Å². The molecule has 3 heterocycles. The van der Waals surface area contributed by atoms with Gasteiger partial charge in [-0.05, 0) is 41.1 Å². The molecule has 0 radical (unpaired) electrons. The number of hydrogen-bond donors (Lipinski definition) is 0. The average Bonchev–Trinajstić information content (AvgIpc) is 3.63. The summed E-state index contributed by atoms with van der Waals surface area (Å²) < 4.78 is 12.6. The number of hydrogen-bond acceptors (Lipinski definition) is 5.